The van der Waals surface area contributed by atoms with Crippen molar-refractivity contribution in [2.45, 2.75) is 46.0 Å². The van der Waals surface area contributed by atoms with Gasteiger partial charge in [-0.3, -0.25) is 4.79 Å². The van der Waals surface area contributed by atoms with Crippen LogP contribution in [0.5, 0.6) is 0 Å². The van der Waals surface area contributed by atoms with Gasteiger partial charge < -0.3 is 9.64 Å². The Morgan fingerprint density at radius 3 is 2.54 bits per heavy atom. The molecule has 0 amide bonds. The molecule has 2 aromatic rings. The molecule has 0 saturated carbocycles. The van der Waals surface area contributed by atoms with Crippen LogP contribution < -0.4 is 4.90 Å². The van der Waals surface area contributed by atoms with Gasteiger partial charge >= 0.3 is 5.97 Å². The lowest BCUT2D eigenvalue weighted by Crippen LogP contribution is -2.35. The maximum absolute atomic E-state index is 12.7. The molecule has 3 rings (SSSR count). The summed E-state index contributed by atoms with van der Waals surface area (Å²) in [6, 6.07) is 9.67. The number of para-hydroxylation sites is 2. The highest BCUT2D eigenvalue weighted by Gasteiger charge is 2.31. The van der Waals surface area contributed by atoms with Crippen LogP contribution in [0.3, 0.4) is 0 Å². The largest absolute Gasteiger partial charge is 0.464 e. The zero-order valence-electron chi connectivity index (χ0n) is 16.9. The van der Waals surface area contributed by atoms with Crippen molar-refractivity contribution in [3.63, 3.8) is 0 Å². The summed E-state index contributed by atoms with van der Waals surface area (Å²) >= 11 is 0. The SMILES string of the molecule is CC[C@H](C)COC(=O)[C@H](C#N)c1nc2ccccc2nc1N1CCC(C)CC1. The normalized spacial score (nSPS) is 17.1. The van der Waals surface area contributed by atoms with Crippen LogP contribution in [0.15, 0.2) is 24.3 Å². The van der Waals surface area contributed by atoms with Crippen molar-refractivity contribution in [3.05, 3.63) is 30.0 Å². The van der Waals surface area contributed by atoms with E-state index < -0.39 is 11.9 Å². The molecular formula is C22H28N4O2. The number of fused-ring (bicyclic) bond motifs is 1. The molecule has 6 heteroatoms. The lowest BCUT2D eigenvalue weighted by molar-refractivity contribution is -0.145. The van der Waals surface area contributed by atoms with E-state index in [0.29, 0.717) is 29.6 Å². The average Bonchev–Trinajstić information content (AvgIpc) is 2.72. The third kappa shape index (κ3) is 4.41. The monoisotopic (exact) mass is 380 g/mol. The first kappa shape index (κ1) is 20.1. The van der Waals surface area contributed by atoms with Gasteiger partial charge in [-0.1, -0.05) is 39.3 Å². The minimum Gasteiger partial charge on any atom is -0.464 e. The van der Waals surface area contributed by atoms with E-state index in [9.17, 15) is 10.1 Å². The van der Waals surface area contributed by atoms with Gasteiger partial charge in [-0.05, 0) is 36.8 Å². The summed E-state index contributed by atoms with van der Waals surface area (Å²) in [6.45, 7) is 8.32. The number of ether oxygens (including phenoxy) is 1. The summed E-state index contributed by atoms with van der Waals surface area (Å²) < 4.78 is 5.43. The van der Waals surface area contributed by atoms with E-state index in [4.69, 9.17) is 9.72 Å². The van der Waals surface area contributed by atoms with Crippen molar-refractivity contribution in [1.29, 1.82) is 5.26 Å². The fourth-order valence-electron chi connectivity index (χ4n) is 3.30. The second-order valence-corrected chi connectivity index (χ2v) is 7.80. The zero-order chi connectivity index (χ0) is 20.1. The highest BCUT2D eigenvalue weighted by molar-refractivity contribution is 5.85. The van der Waals surface area contributed by atoms with E-state index in [-0.39, 0.29) is 5.92 Å². The third-order valence-electron chi connectivity index (χ3n) is 5.51. The highest BCUT2D eigenvalue weighted by Crippen LogP contribution is 2.30. The Bertz CT molecular complexity index is 868. The predicted molar refractivity (Wildman–Crippen MR) is 109 cm³/mol. The Balaban J connectivity index is 1.97. The molecule has 1 saturated heterocycles. The molecule has 0 radical (unpaired) electrons. The van der Waals surface area contributed by atoms with Gasteiger partial charge in [0.2, 0.25) is 0 Å². The number of esters is 1. The van der Waals surface area contributed by atoms with Gasteiger partial charge in [0.1, 0.15) is 5.69 Å². The summed E-state index contributed by atoms with van der Waals surface area (Å²) in [7, 11) is 0. The Kier molecular flexibility index (Phi) is 6.45. The molecule has 6 nitrogen and oxygen atoms in total. The first-order chi connectivity index (χ1) is 13.5. The number of aromatic nitrogens is 2. The van der Waals surface area contributed by atoms with Crippen LogP contribution in [-0.4, -0.2) is 35.6 Å². The number of carbonyl (C=O) groups excluding carboxylic acids is 1. The predicted octanol–water partition coefficient (Wildman–Crippen LogP) is 4.06. The molecule has 1 fully saturated rings. The average molecular weight is 380 g/mol. The standard InChI is InChI=1S/C22H28N4O2/c1-4-15(2)14-28-22(27)17(13-23)20-21(26-11-9-16(3)10-12-26)25-19-8-6-5-7-18(19)24-20/h5-8,15-17H,4,9-12,14H2,1-3H3/t15-,17+/m0/s1. The molecule has 28 heavy (non-hydrogen) atoms. The Morgan fingerprint density at radius 2 is 1.93 bits per heavy atom. The number of piperidine rings is 1. The summed E-state index contributed by atoms with van der Waals surface area (Å²) in [6.07, 6.45) is 3.03. The van der Waals surface area contributed by atoms with Crippen LogP contribution in [0.2, 0.25) is 0 Å². The summed E-state index contributed by atoms with van der Waals surface area (Å²) in [5.74, 6) is -0.0541. The maximum Gasteiger partial charge on any atom is 0.329 e. The van der Waals surface area contributed by atoms with Crippen LogP contribution in [0.4, 0.5) is 5.82 Å². The molecule has 2 atom stereocenters. The van der Waals surface area contributed by atoms with Gasteiger partial charge in [0.25, 0.3) is 0 Å². The molecule has 0 unspecified atom stereocenters. The number of anilines is 1. The number of nitriles is 1. The van der Waals surface area contributed by atoms with Gasteiger partial charge in [-0.15, -0.1) is 0 Å². The first-order valence-electron chi connectivity index (χ1n) is 10.1. The molecule has 1 aliphatic rings. The summed E-state index contributed by atoms with van der Waals surface area (Å²) in [5, 5.41) is 9.77. The number of hydrogen-bond acceptors (Lipinski definition) is 6. The Morgan fingerprint density at radius 1 is 1.29 bits per heavy atom. The van der Waals surface area contributed by atoms with Gasteiger partial charge in [-0.2, -0.15) is 5.26 Å². The Hall–Kier alpha value is -2.68. The number of benzene rings is 1. The van der Waals surface area contributed by atoms with Gasteiger partial charge in [-0.25, -0.2) is 9.97 Å². The molecule has 2 heterocycles. The van der Waals surface area contributed by atoms with Crippen LogP contribution in [0, 0.1) is 23.2 Å². The molecule has 0 spiro atoms. The van der Waals surface area contributed by atoms with Crippen LogP contribution in [0.25, 0.3) is 11.0 Å². The minimum absolute atomic E-state index is 0.258. The van der Waals surface area contributed by atoms with Crippen LogP contribution in [-0.2, 0) is 9.53 Å². The van der Waals surface area contributed by atoms with Crippen molar-refractivity contribution < 1.29 is 9.53 Å². The van der Waals surface area contributed by atoms with Crippen molar-refractivity contribution in [2.75, 3.05) is 24.6 Å². The fraction of sp³-hybridized carbons (Fsp3) is 0.545. The fourth-order valence-corrected chi connectivity index (χ4v) is 3.30. The van der Waals surface area contributed by atoms with Gasteiger partial charge in [0.15, 0.2) is 11.7 Å². The van der Waals surface area contributed by atoms with Crippen LogP contribution in [0.1, 0.15) is 51.6 Å². The molecule has 148 valence electrons. The third-order valence-corrected chi connectivity index (χ3v) is 5.51. The van der Waals surface area contributed by atoms with E-state index in [2.05, 4.69) is 22.9 Å². The molecule has 1 aromatic heterocycles. The maximum atomic E-state index is 12.7. The molecule has 1 aromatic carbocycles. The number of nitrogens with zero attached hydrogens (tertiary/aromatic N) is 4. The van der Waals surface area contributed by atoms with E-state index in [1.807, 2.05) is 38.1 Å². The van der Waals surface area contributed by atoms with Crippen molar-refractivity contribution in [2.24, 2.45) is 11.8 Å². The summed E-state index contributed by atoms with van der Waals surface area (Å²) in [4.78, 5) is 24.3. The topological polar surface area (TPSA) is 79.1 Å². The molecule has 0 aliphatic carbocycles. The number of hydrogen-bond donors (Lipinski definition) is 0. The molecule has 1 aliphatic heterocycles. The second kappa shape index (κ2) is 9.01. The van der Waals surface area contributed by atoms with Crippen LogP contribution >= 0.6 is 0 Å². The van der Waals surface area contributed by atoms with Crippen molar-refractivity contribution in [1.82, 2.24) is 9.97 Å². The highest BCUT2D eigenvalue weighted by atomic mass is 16.5. The van der Waals surface area contributed by atoms with E-state index in [1.54, 1.807) is 0 Å². The lowest BCUT2D eigenvalue weighted by atomic mass is 9.98. The van der Waals surface area contributed by atoms with E-state index >= 15 is 0 Å². The quantitative estimate of drug-likeness (QED) is 0.703. The minimum atomic E-state index is -1.07. The number of carbonyl (C=O) groups is 1. The molecule has 0 bridgehead atoms. The van der Waals surface area contributed by atoms with Crippen molar-refractivity contribution in [3.8, 4) is 6.07 Å². The van der Waals surface area contributed by atoms with E-state index in [1.165, 1.54) is 0 Å². The first-order valence-corrected chi connectivity index (χ1v) is 10.1. The second-order valence-electron chi connectivity index (χ2n) is 7.80. The summed E-state index contributed by atoms with van der Waals surface area (Å²) in [5.41, 5.74) is 1.86. The zero-order valence-corrected chi connectivity index (χ0v) is 16.9. The molecule has 0 N–H and O–H groups in total. The lowest BCUT2D eigenvalue weighted by Gasteiger charge is -2.32. The molecular weight excluding hydrogens is 352 g/mol. The van der Waals surface area contributed by atoms with Crippen molar-refractivity contribution >= 4 is 22.8 Å². The van der Waals surface area contributed by atoms with Gasteiger partial charge in [0.05, 0.1) is 23.7 Å². The van der Waals surface area contributed by atoms with Gasteiger partial charge in [0, 0.05) is 13.1 Å². The van der Waals surface area contributed by atoms with E-state index in [0.717, 1.165) is 37.9 Å². The smallest absolute Gasteiger partial charge is 0.329 e. The number of rotatable bonds is 6. The Labute approximate surface area is 166 Å².